The van der Waals surface area contributed by atoms with E-state index in [1.165, 1.54) is 0 Å². The van der Waals surface area contributed by atoms with Gasteiger partial charge in [0, 0.05) is 5.92 Å². The fourth-order valence-electron chi connectivity index (χ4n) is 1.84. The van der Waals surface area contributed by atoms with Gasteiger partial charge in [0.05, 0.1) is 24.0 Å². The molecule has 2 N–H and O–H groups in total. The lowest BCUT2D eigenvalue weighted by Crippen LogP contribution is -2.35. The van der Waals surface area contributed by atoms with Gasteiger partial charge in [-0.1, -0.05) is 26.8 Å². The van der Waals surface area contributed by atoms with Crippen LogP contribution in [0.3, 0.4) is 0 Å². The molecule has 21 heavy (non-hydrogen) atoms. The molecule has 0 amide bonds. The molecule has 1 rings (SSSR count). The lowest BCUT2D eigenvalue weighted by Gasteiger charge is -2.30. The Morgan fingerprint density at radius 1 is 1.38 bits per heavy atom. The van der Waals surface area contributed by atoms with Crippen molar-refractivity contribution in [1.29, 1.82) is 5.26 Å². The number of nitrogens with two attached hydrogens (primary N) is 1. The van der Waals surface area contributed by atoms with Crippen molar-refractivity contribution in [2.75, 3.05) is 12.4 Å². The van der Waals surface area contributed by atoms with Gasteiger partial charge in [-0.15, -0.1) is 0 Å². The lowest BCUT2D eigenvalue weighted by atomic mass is 9.82. The van der Waals surface area contributed by atoms with Crippen molar-refractivity contribution in [3.05, 3.63) is 29.3 Å². The molecule has 1 atom stereocenters. The fraction of sp³-hybridized carbons (Fsp3) is 0.533. The van der Waals surface area contributed by atoms with E-state index in [9.17, 15) is 8.42 Å². The summed E-state index contributed by atoms with van der Waals surface area (Å²) < 4.78 is 28.4. The summed E-state index contributed by atoms with van der Waals surface area (Å²) in [7, 11) is -3.57. The van der Waals surface area contributed by atoms with E-state index in [4.69, 9.17) is 15.1 Å². The molecule has 6 heteroatoms. The Morgan fingerprint density at radius 3 is 2.48 bits per heavy atom. The van der Waals surface area contributed by atoms with Crippen LogP contribution in [-0.2, 0) is 10.0 Å². The Kier molecular flexibility index (Phi) is 5.37. The molecule has 116 valence electrons. The number of benzene rings is 1. The van der Waals surface area contributed by atoms with E-state index in [1.807, 2.05) is 27.7 Å². The molecule has 0 spiro atoms. The number of nitriles is 1. The number of rotatable bonds is 5. The summed E-state index contributed by atoms with van der Waals surface area (Å²) in [6.07, 6.45) is 0. The molecule has 0 saturated heterocycles. The molecule has 1 aromatic carbocycles. The van der Waals surface area contributed by atoms with Crippen LogP contribution in [0, 0.1) is 29.6 Å². The predicted octanol–water partition coefficient (Wildman–Crippen LogP) is 2.20. The summed E-state index contributed by atoms with van der Waals surface area (Å²) in [4.78, 5) is 0. The highest BCUT2D eigenvalue weighted by Gasteiger charge is 2.29. The highest BCUT2D eigenvalue weighted by molar-refractivity contribution is 7.89. The molecule has 0 aliphatic heterocycles. The first-order valence-electron chi connectivity index (χ1n) is 6.67. The zero-order chi connectivity index (χ0) is 16.3. The molecule has 0 heterocycles. The van der Waals surface area contributed by atoms with Gasteiger partial charge in [-0.05, 0) is 30.0 Å². The lowest BCUT2D eigenvalue weighted by molar-refractivity contribution is 0.162. The van der Waals surface area contributed by atoms with Crippen LogP contribution in [0.15, 0.2) is 18.2 Å². The molecular weight excluding hydrogens is 288 g/mol. The number of primary sulfonamides is 1. The Morgan fingerprint density at radius 2 is 2.00 bits per heavy atom. The van der Waals surface area contributed by atoms with Gasteiger partial charge in [-0.2, -0.15) is 5.26 Å². The Balaban J connectivity index is 2.90. The summed E-state index contributed by atoms with van der Waals surface area (Å²) >= 11 is 0. The largest absolute Gasteiger partial charge is 0.493 e. The van der Waals surface area contributed by atoms with Crippen LogP contribution in [0.2, 0.25) is 0 Å². The van der Waals surface area contributed by atoms with Crippen LogP contribution in [0.1, 0.15) is 31.9 Å². The third-order valence-electron chi connectivity index (χ3n) is 3.42. The van der Waals surface area contributed by atoms with Crippen molar-refractivity contribution in [3.8, 4) is 11.8 Å². The highest BCUT2D eigenvalue weighted by atomic mass is 32.2. The van der Waals surface area contributed by atoms with Gasteiger partial charge < -0.3 is 4.74 Å². The third kappa shape index (κ3) is 5.74. The molecule has 0 aliphatic carbocycles. The molecule has 0 fully saturated rings. The van der Waals surface area contributed by atoms with Crippen molar-refractivity contribution in [1.82, 2.24) is 0 Å². The van der Waals surface area contributed by atoms with Gasteiger partial charge in [0.15, 0.2) is 0 Å². The molecule has 0 radical (unpaired) electrons. The Hall–Kier alpha value is -1.58. The summed E-state index contributed by atoms with van der Waals surface area (Å²) in [6, 6.07) is 7.23. The predicted molar refractivity (Wildman–Crippen MR) is 82.3 cm³/mol. The average molecular weight is 310 g/mol. The van der Waals surface area contributed by atoms with Gasteiger partial charge in [0.25, 0.3) is 0 Å². The maximum atomic E-state index is 11.3. The second-order valence-electron chi connectivity index (χ2n) is 6.30. The molecule has 0 aliphatic rings. The number of hydrogen-bond acceptors (Lipinski definition) is 4. The standard InChI is InChI=1S/C15H22N2O3S/c1-11-5-6-12(8-16)7-14(11)20-9-13(15(2,3)4)10-21(17,18)19/h5-7,13H,9-10H2,1-4H3,(H2,17,18,19). The maximum Gasteiger partial charge on any atom is 0.209 e. The second-order valence-corrected chi connectivity index (χ2v) is 7.95. The van der Waals surface area contributed by atoms with Crippen molar-refractivity contribution < 1.29 is 13.2 Å². The fourth-order valence-corrected chi connectivity index (χ4v) is 3.00. The molecule has 1 aromatic rings. The van der Waals surface area contributed by atoms with Gasteiger partial charge >= 0.3 is 0 Å². The monoisotopic (exact) mass is 310 g/mol. The SMILES string of the molecule is Cc1ccc(C#N)cc1OCC(CS(N)(=O)=O)C(C)(C)C. The number of hydrogen-bond donors (Lipinski definition) is 1. The van der Waals surface area contributed by atoms with Crippen LogP contribution >= 0.6 is 0 Å². The first-order valence-corrected chi connectivity index (χ1v) is 8.38. The van der Waals surface area contributed by atoms with E-state index in [0.29, 0.717) is 11.3 Å². The Bertz CT molecular complexity index is 640. The number of aryl methyl sites for hydroxylation is 1. The molecule has 0 saturated carbocycles. The van der Waals surface area contributed by atoms with E-state index < -0.39 is 10.0 Å². The minimum atomic E-state index is -3.57. The van der Waals surface area contributed by atoms with E-state index in [-0.39, 0.29) is 23.7 Å². The van der Waals surface area contributed by atoms with Crippen LogP contribution in [0.25, 0.3) is 0 Å². The molecule has 0 bridgehead atoms. The molecule has 0 aromatic heterocycles. The highest BCUT2D eigenvalue weighted by Crippen LogP contribution is 2.28. The van der Waals surface area contributed by atoms with Crippen LogP contribution in [0.4, 0.5) is 0 Å². The number of ether oxygens (including phenoxy) is 1. The van der Waals surface area contributed by atoms with E-state index in [1.54, 1.807) is 18.2 Å². The van der Waals surface area contributed by atoms with Crippen molar-refractivity contribution in [2.24, 2.45) is 16.5 Å². The van der Waals surface area contributed by atoms with Gasteiger partial charge in [0.2, 0.25) is 10.0 Å². The molecule has 1 unspecified atom stereocenters. The summed E-state index contributed by atoms with van der Waals surface area (Å²) in [6.45, 7) is 7.96. The minimum absolute atomic E-state index is 0.131. The summed E-state index contributed by atoms with van der Waals surface area (Å²) in [5, 5.41) is 14.1. The van der Waals surface area contributed by atoms with E-state index in [0.717, 1.165) is 5.56 Å². The minimum Gasteiger partial charge on any atom is -0.493 e. The zero-order valence-corrected chi connectivity index (χ0v) is 13.7. The smallest absolute Gasteiger partial charge is 0.209 e. The third-order valence-corrected chi connectivity index (χ3v) is 4.28. The second kappa shape index (κ2) is 6.46. The van der Waals surface area contributed by atoms with Gasteiger partial charge in [0.1, 0.15) is 5.75 Å². The summed E-state index contributed by atoms with van der Waals surface area (Å²) in [5.41, 5.74) is 1.15. The first-order chi connectivity index (χ1) is 9.53. The quantitative estimate of drug-likeness (QED) is 0.902. The average Bonchev–Trinajstić information content (AvgIpc) is 2.33. The maximum absolute atomic E-state index is 11.3. The Labute approximate surface area is 126 Å². The van der Waals surface area contributed by atoms with Crippen LogP contribution in [0.5, 0.6) is 5.75 Å². The van der Waals surface area contributed by atoms with Crippen molar-refractivity contribution >= 4 is 10.0 Å². The molecule has 5 nitrogen and oxygen atoms in total. The normalized spacial score (nSPS) is 13.5. The number of nitrogens with zero attached hydrogens (tertiary/aromatic N) is 1. The first kappa shape index (κ1) is 17.5. The zero-order valence-electron chi connectivity index (χ0n) is 12.9. The van der Waals surface area contributed by atoms with E-state index in [2.05, 4.69) is 6.07 Å². The van der Waals surface area contributed by atoms with Crippen LogP contribution in [-0.4, -0.2) is 20.8 Å². The van der Waals surface area contributed by atoms with Crippen LogP contribution < -0.4 is 9.88 Å². The van der Waals surface area contributed by atoms with E-state index >= 15 is 0 Å². The molecular formula is C15H22N2O3S. The van der Waals surface area contributed by atoms with Crippen molar-refractivity contribution in [2.45, 2.75) is 27.7 Å². The van der Waals surface area contributed by atoms with Crippen molar-refractivity contribution in [3.63, 3.8) is 0 Å². The topological polar surface area (TPSA) is 93.2 Å². The van der Waals surface area contributed by atoms with Gasteiger partial charge in [-0.25, -0.2) is 13.6 Å². The summed E-state index contributed by atoms with van der Waals surface area (Å²) in [5.74, 6) is 0.225. The number of sulfonamides is 1. The van der Waals surface area contributed by atoms with Gasteiger partial charge in [-0.3, -0.25) is 0 Å².